The third-order valence-corrected chi connectivity index (χ3v) is 9.90. The molecule has 0 amide bonds. The van der Waals surface area contributed by atoms with E-state index in [4.69, 9.17) is 9.57 Å². The first-order valence-corrected chi connectivity index (χ1v) is 21.7. The van der Waals surface area contributed by atoms with Gasteiger partial charge in [0.2, 0.25) is 0 Å². The molecule has 0 aromatic carbocycles. The van der Waals surface area contributed by atoms with Crippen molar-refractivity contribution in [3.63, 3.8) is 0 Å². The van der Waals surface area contributed by atoms with Crippen molar-refractivity contribution in [1.82, 2.24) is 4.90 Å². The minimum Gasteiger partial charge on any atom is -0.462 e. The zero-order chi connectivity index (χ0) is 35.9. The third-order valence-electron chi connectivity index (χ3n) is 9.90. The van der Waals surface area contributed by atoms with Crippen molar-refractivity contribution in [1.29, 1.82) is 0 Å². The smallest absolute Gasteiger partial charge is 0.306 e. The molecular formula is C43H86N2O4. The van der Waals surface area contributed by atoms with Crippen molar-refractivity contribution in [2.75, 3.05) is 32.8 Å². The van der Waals surface area contributed by atoms with Crippen LogP contribution in [-0.2, 0) is 14.4 Å². The summed E-state index contributed by atoms with van der Waals surface area (Å²) in [4.78, 5) is 20.6. The summed E-state index contributed by atoms with van der Waals surface area (Å²) in [5.41, 5.74) is 1.13. The number of carbonyl (C=O) groups excluding carboxylic acids is 1. The second-order valence-corrected chi connectivity index (χ2v) is 14.9. The topological polar surface area (TPSA) is 71.4 Å². The number of aliphatic hydroxyl groups excluding tert-OH is 1. The van der Waals surface area contributed by atoms with Gasteiger partial charge in [0.1, 0.15) is 12.7 Å². The zero-order valence-corrected chi connectivity index (χ0v) is 33.6. The standard InChI is InChI=1S/C43H86N2O4/c1-5-8-11-14-20-27-34-42(33-26-19-13-10-7-3)49-43(47)35-28-21-17-23-30-37-45(38-39-46)36-29-22-15-16-24-31-40-48-44-41(4)32-25-18-12-9-6-2/h42,46H,5-40H2,1-4H3/b44-41+. The summed E-state index contributed by atoms with van der Waals surface area (Å²) in [5, 5.41) is 13.8. The van der Waals surface area contributed by atoms with E-state index in [1.807, 2.05) is 0 Å². The van der Waals surface area contributed by atoms with Gasteiger partial charge in [-0.05, 0) is 90.6 Å². The Balaban J connectivity index is 3.92. The molecule has 0 saturated carbocycles. The molecule has 0 rings (SSSR count). The van der Waals surface area contributed by atoms with Crippen molar-refractivity contribution in [3.05, 3.63) is 0 Å². The number of carbonyl (C=O) groups is 1. The highest BCUT2D eigenvalue weighted by molar-refractivity contribution is 5.81. The third kappa shape index (κ3) is 36.5. The minimum absolute atomic E-state index is 0.0232. The molecule has 1 atom stereocenters. The van der Waals surface area contributed by atoms with Crippen LogP contribution in [-0.4, -0.2) is 60.6 Å². The maximum absolute atomic E-state index is 12.6. The molecule has 292 valence electrons. The minimum atomic E-state index is 0.0232. The highest BCUT2D eigenvalue weighted by Crippen LogP contribution is 2.18. The summed E-state index contributed by atoms with van der Waals surface area (Å²) in [7, 11) is 0. The molecule has 0 aliphatic rings. The molecule has 0 saturated heterocycles. The van der Waals surface area contributed by atoms with Crippen molar-refractivity contribution >= 4 is 11.7 Å². The Hall–Kier alpha value is -1.14. The molecule has 1 N–H and O–H groups in total. The highest BCUT2D eigenvalue weighted by atomic mass is 16.6. The van der Waals surface area contributed by atoms with Crippen molar-refractivity contribution < 1.29 is 19.5 Å². The fraction of sp³-hybridized carbons (Fsp3) is 0.953. The van der Waals surface area contributed by atoms with Gasteiger partial charge in [-0.25, -0.2) is 0 Å². The molecule has 6 nitrogen and oxygen atoms in total. The van der Waals surface area contributed by atoms with Crippen LogP contribution in [0.3, 0.4) is 0 Å². The molecule has 0 aliphatic carbocycles. The van der Waals surface area contributed by atoms with E-state index in [-0.39, 0.29) is 18.7 Å². The van der Waals surface area contributed by atoms with E-state index in [1.54, 1.807) is 0 Å². The predicted octanol–water partition coefficient (Wildman–Crippen LogP) is 12.7. The fourth-order valence-corrected chi connectivity index (χ4v) is 6.64. The van der Waals surface area contributed by atoms with Crippen LogP contribution in [0.5, 0.6) is 0 Å². The highest BCUT2D eigenvalue weighted by Gasteiger charge is 2.14. The summed E-state index contributed by atoms with van der Waals surface area (Å²) in [5.74, 6) is 0.0232. The quantitative estimate of drug-likeness (QED) is 0.0299. The number of hydrogen-bond acceptors (Lipinski definition) is 6. The molecular weight excluding hydrogens is 608 g/mol. The fourth-order valence-electron chi connectivity index (χ4n) is 6.64. The Morgan fingerprint density at radius 3 is 1.49 bits per heavy atom. The number of rotatable bonds is 40. The number of unbranched alkanes of at least 4 members (excludes halogenated alkanes) is 22. The second kappa shape index (κ2) is 39.6. The zero-order valence-electron chi connectivity index (χ0n) is 33.6. The Kier molecular flexibility index (Phi) is 38.7. The summed E-state index contributed by atoms with van der Waals surface area (Å²) in [6.45, 7) is 12.8. The number of aliphatic hydroxyl groups is 1. The van der Waals surface area contributed by atoms with Gasteiger partial charge in [0.05, 0.1) is 12.3 Å². The van der Waals surface area contributed by atoms with Gasteiger partial charge in [-0.2, -0.15) is 0 Å². The number of oxime groups is 1. The second-order valence-electron chi connectivity index (χ2n) is 14.9. The van der Waals surface area contributed by atoms with E-state index < -0.39 is 0 Å². The Morgan fingerprint density at radius 1 is 0.551 bits per heavy atom. The monoisotopic (exact) mass is 695 g/mol. The number of esters is 1. The van der Waals surface area contributed by atoms with Crippen LogP contribution >= 0.6 is 0 Å². The Labute approximate surface area is 306 Å². The SMILES string of the molecule is CCCCCCCCC(CCCCCCC)OC(=O)CCCCCCCN(CCO)CCCCCCCCO/N=C(\C)CCCCCCC. The van der Waals surface area contributed by atoms with E-state index in [0.29, 0.717) is 6.42 Å². The van der Waals surface area contributed by atoms with Gasteiger partial charge in [-0.3, -0.25) is 4.79 Å². The van der Waals surface area contributed by atoms with E-state index in [2.05, 4.69) is 37.8 Å². The van der Waals surface area contributed by atoms with Gasteiger partial charge in [0.15, 0.2) is 0 Å². The lowest BCUT2D eigenvalue weighted by molar-refractivity contribution is -0.150. The normalized spacial score (nSPS) is 12.6. The van der Waals surface area contributed by atoms with Gasteiger partial charge < -0.3 is 19.6 Å². The van der Waals surface area contributed by atoms with Gasteiger partial charge in [-0.1, -0.05) is 148 Å². The number of ether oxygens (including phenoxy) is 1. The average molecular weight is 695 g/mol. The lowest BCUT2D eigenvalue weighted by atomic mass is 10.0. The summed E-state index contributed by atoms with van der Waals surface area (Å²) < 4.78 is 6.00. The molecule has 0 spiro atoms. The van der Waals surface area contributed by atoms with E-state index >= 15 is 0 Å². The number of hydrogen-bond donors (Lipinski definition) is 1. The molecule has 0 radical (unpaired) electrons. The van der Waals surface area contributed by atoms with Crippen LogP contribution < -0.4 is 0 Å². The maximum Gasteiger partial charge on any atom is 0.306 e. The van der Waals surface area contributed by atoms with Crippen LogP contribution in [0.15, 0.2) is 5.16 Å². The number of nitrogens with zero attached hydrogens (tertiary/aromatic N) is 2. The van der Waals surface area contributed by atoms with Crippen molar-refractivity contribution in [3.8, 4) is 0 Å². The Bertz CT molecular complexity index is 701. The molecule has 1 unspecified atom stereocenters. The molecule has 0 aromatic heterocycles. The first kappa shape index (κ1) is 47.9. The summed E-state index contributed by atoms with van der Waals surface area (Å²) >= 11 is 0. The molecule has 0 fully saturated rings. The van der Waals surface area contributed by atoms with Crippen LogP contribution in [0.2, 0.25) is 0 Å². The molecule has 0 aliphatic heterocycles. The summed E-state index contributed by atoms with van der Waals surface area (Å²) in [6, 6.07) is 0. The van der Waals surface area contributed by atoms with Crippen molar-refractivity contribution in [2.24, 2.45) is 5.16 Å². The first-order chi connectivity index (χ1) is 24.1. The van der Waals surface area contributed by atoms with Crippen molar-refractivity contribution in [2.45, 2.75) is 233 Å². The molecule has 0 aromatic rings. The van der Waals surface area contributed by atoms with E-state index in [0.717, 1.165) is 70.5 Å². The van der Waals surface area contributed by atoms with Crippen LogP contribution in [0.25, 0.3) is 0 Å². The van der Waals surface area contributed by atoms with Gasteiger partial charge in [-0.15, -0.1) is 0 Å². The molecule has 49 heavy (non-hydrogen) atoms. The first-order valence-electron chi connectivity index (χ1n) is 21.7. The molecule has 0 bridgehead atoms. The largest absolute Gasteiger partial charge is 0.462 e. The lowest BCUT2D eigenvalue weighted by Gasteiger charge is -2.21. The van der Waals surface area contributed by atoms with Crippen LogP contribution in [0.4, 0.5) is 0 Å². The summed E-state index contributed by atoms with van der Waals surface area (Å²) in [6.07, 6.45) is 37.3. The molecule has 0 heterocycles. The molecule has 6 heteroatoms. The van der Waals surface area contributed by atoms with Gasteiger partial charge in [0.25, 0.3) is 0 Å². The van der Waals surface area contributed by atoms with Gasteiger partial charge >= 0.3 is 5.97 Å². The van der Waals surface area contributed by atoms with Crippen LogP contribution in [0, 0.1) is 0 Å². The van der Waals surface area contributed by atoms with E-state index in [1.165, 1.54) is 154 Å². The van der Waals surface area contributed by atoms with Gasteiger partial charge in [0, 0.05) is 13.0 Å². The average Bonchev–Trinajstić information content (AvgIpc) is 3.09. The van der Waals surface area contributed by atoms with E-state index in [9.17, 15) is 9.90 Å². The predicted molar refractivity (Wildman–Crippen MR) is 213 cm³/mol. The lowest BCUT2D eigenvalue weighted by Crippen LogP contribution is -2.29. The maximum atomic E-state index is 12.6. The van der Waals surface area contributed by atoms with Crippen LogP contribution in [0.1, 0.15) is 227 Å². The Morgan fingerprint density at radius 2 is 0.980 bits per heavy atom.